The molecule has 0 aliphatic heterocycles. The summed E-state index contributed by atoms with van der Waals surface area (Å²) in [5.74, 6) is 0.601. The lowest BCUT2D eigenvalue weighted by molar-refractivity contribution is 0.670. The second-order valence-electron chi connectivity index (χ2n) is 12.8. The van der Waals surface area contributed by atoms with Gasteiger partial charge in [0, 0.05) is 43.8 Å². The largest absolute Gasteiger partial charge is 0.455 e. The third-order valence-corrected chi connectivity index (χ3v) is 9.56. The minimum absolute atomic E-state index is 0.000315. The molecule has 0 saturated carbocycles. The average Bonchev–Trinajstić information content (AvgIpc) is 3.96. The van der Waals surface area contributed by atoms with Gasteiger partial charge >= 0.3 is 0 Å². The number of fused-ring (bicyclic) bond motifs is 6. The molecule has 0 spiro atoms. The van der Waals surface area contributed by atoms with Crippen molar-refractivity contribution in [1.29, 1.82) is 0 Å². The van der Waals surface area contributed by atoms with Gasteiger partial charge < -0.3 is 8.98 Å². The fraction of sp³-hybridized carbons (Fsp3) is 0. The Balaban J connectivity index is 1.30. The Morgan fingerprint density at radius 1 is 0.429 bits per heavy atom. The number of benzene rings is 8. The second-order valence-corrected chi connectivity index (χ2v) is 12.8. The van der Waals surface area contributed by atoms with Crippen molar-refractivity contribution < 1.29 is 25.0 Å². The Hall–Kier alpha value is -7.63. The van der Waals surface area contributed by atoms with Crippen molar-refractivity contribution in [2.75, 3.05) is 0 Å². The van der Waals surface area contributed by atoms with Crippen LogP contribution in [0.5, 0.6) is 0 Å². The molecule has 11 aromatic rings. The van der Waals surface area contributed by atoms with Crippen molar-refractivity contribution in [3.63, 3.8) is 0 Å². The van der Waals surface area contributed by atoms with Gasteiger partial charge in [0.15, 0.2) is 17.5 Å². The summed E-state index contributed by atoms with van der Waals surface area (Å²) < 4.78 is 141. The van der Waals surface area contributed by atoms with Crippen LogP contribution in [0.3, 0.4) is 0 Å². The van der Waals surface area contributed by atoms with E-state index in [2.05, 4.69) is 0 Å². The highest BCUT2D eigenvalue weighted by Gasteiger charge is 2.22. The molecular formula is C51H32N4O. The fourth-order valence-corrected chi connectivity index (χ4v) is 7.01. The number of hydrogen-bond acceptors (Lipinski definition) is 4. The number of rotatable bonds is 6. The maximum Gasteiger partial charge on any atom is 0.166 e. The molecule has 3 aromatic heterocycles. The highest BCUT2D eigenvalue weighted by molar-refractivity contribution is 6.12. The van der Waals surface area contributed by atoms with Gasteiger partial charge in [-0.15, -0.1) is 0 Å². The van der Waals surface area contributed by atoms with Gasteiger partial charge in [-0.3, -0.25) is 0 Å². The molecule has 0 fully saturated rings. The number of nitrogens with zero attached hydrogens (tertiary/aromatic N) is 4. The molecule has 0 atom stereocenters. The normalized spacial score (nSPS) is 15.3. The lowest BCUT2D eigenvalue weighted by Crippen LogP contribution is -2.04. The summed E-state index contributed by atoms with van der Waals surface area (Å²) in [5.41, 5.74) is 1.79. The van der Waals surface area contributed by atoms with E-state index in [1.54, 1.807) is 18.2 Å². The van der Waals surface area contributed by atoms with Gasteiger partial charge in [0.1, 0.15) is 11.2 Å². The Labute approximate surface area is 343 Å². The van der Waals surface area contributed by atoms with Crippen LogP contribution in [0.1, 0.15) is 20.6 Å². The van der Waals surface area contributed by atoms with Crippen LogP contribution in [-0.2, 0) is 0 Å². The summed E-state index contributed by atoms with van der Waals surface area (Å²) in [4.78, 5) is 14.9. The van der Waals surface area contributed by atoms with Crippen LogP contribution in [0.15, 0.2) is 198 Å². The summed E-state index contributed by atoms with van der Waals surface area (Å²) in [6.45, 7) is 0. The van der Waals surface area contributed by atoms with Crippen molar-refractivity contribution in [2.45, 2.75) is 0 Å². The monoisotopic (exact) mass is 731 g/mol. The van der Waals surface area contributed by atoms with E-state index < -0.39 is 42.3 Å². The van der Waals surface area contributed by atoms with Crippen LogP contribution in [-0.4, -0.2) is 19.5 Å². The zero-order valence-corrected chi connectivity index (χ0v) is 29.0. The molecule has 5 heteroatoms. The predicted molar refractivity (Wildman–Crippen MR) is 229 cm³/mol. The fourth-order valence-electron chi connectivity index (χ4n) is 7.01. The molecule has 0 amide bonds. The smallest absolute Gasteiger partial charge is 0.166 e. The van der Waals surface area contributed by atoms with Crippen molar-refractivity contribution in [3.05, 3.63) is 194 Å². The van der Waals surface area contributed by atoms with E-state index in [9.17, 15) is 5.48 Å². The van der Waals surface area contributed by atoms with Gasteiger partial charge in [-0.2, -0.15) is 0 Å². The summed E-state index contributed by atoms with van der Waals surface area (Å²) >= 11 is 0. The zero-order chi connectivity index (χ0) is 50.1. The molecule has 8 aromatic carbocycles. The Bertz CT molecular complexity index is 4040. The third-order valence-electron chi connectivity index (χ3n) is 9.56. The van der Waals surface area contributed by atoms with Gasteiger partial charge in [-0.25, -0.2) is 15.0 Å². The van der Waals surface area contributed by atoms with E-state index in [0.29, 0.717) is 16.7 Å². The van der Waals surface area contributed by atoms with E-state index in [0.717, 1.165) is 0 Å². The van der Waals surface area contributed by atoms with Crippen LogP contribution in [0.25, 0.3) is 106 Å². The van der Waals surface area contributed by atoms with Gasteiger partial charge in [0.2, 0.25) is 0 Å². The first kappa shape index (κ1) is 20.2. The standard InChI is InChI=1S/C51H32N4O/c1-4-15-33(16-5-1)36-27-29-45-42(31-36)39-21-10-12-25-44(39)55(45)46-30-28-37(38-23-14-24-41-40-22-11-13-26-47(40)56-48(38)41)32-43(46)51-53-49(34-17-6-2-7-18-34)52-50(54-51)35-19-8-3-9-20-35/h1-32H/i1D,4D,5D,10D,11D,14D,15D,16D,21D,22D,24D,25D,26D,29D,31D. The van der Waals surface area contributed by atoms with Crippen LogP contribution < -0.4 is 0 Å². The first-order chi connectivity index (χ1) is 34.0. The Kier molecular flexibility index (Phi) is 4.70. The molecule has 0 bridgehead atoms. The molecule has 11 rings (SSSR count). The number of aromatic nitrogens is 4. The second kappa shape index (κ2) is 13.0. The molecule has 0 N–H and O–H groups in total. The minimum Gasteiger partial charge on any atom is -0.455 e. The van der Waals surface area contributed by atoms with E-state index in [4.69, 9.17) is 34.4 Å². The van der Waals surface area contributed by atoms with Gasteiger partial charge in [0.05, 0.1) is 37.3 Å². The zero-order valence-electron chi connectivity index (χ0n) is 44.0. The third kappa shape index (κ3) is 5.29. The maximum atomic E-state index is 9.72. The number of para-hydroxylation sites is 3. The van der Waals surface area contributed by atoms with E-state index in [1.165, 1.54) is 28.8 Å². The predicted octanol–water partition coefficient (Wildman–Crippen LogP) is 13.2. The molecule has 262 valence electrons. The lowest BCUT2D eigenvalue weighted by atomic mass is 9.98. The van der Waals surface area contributed by atoms with Gasteiger partial charge in [-0.1, -0.05) is 157 Å². The number of furan rings is 1. The molecule has 3 heterocycles. The highest BCUT2D eigenvalue weighted by atomic mass is 16.3. The van der Waals surface area contributed by atoms with E-state index in [1.807, 2.05) is 60.7 Å². The maximum absolute atomic E-state index is 9.72. The summed E-state index contributed by atoms with van der Waals surface area (Å²) in [6, 6.07) is 22.0. The first-order valence-electron chi connectivity index (χ1n) is 25.0. The van der Waals surface area contributed by atoms with Gasteiger partial charge in [0.25, 0.3) is 0 Å². The molecule has 0 aliphatic rings. The molecule has 0 saturated heterocycles. The van der Waals surface area contributed by atoms with Gasteiger partial charge in [-0.05, 0) is 53.0 Å². The molecule has 0 unspecified atom stereocenters. The molecule has 0 radical (unpaired) electrons. The van der Waals surface area contributed by atoms with Crippen molar-refractivity contribution in [1.82, 2.24) is 19.5 Å². The Morgan fingerprint density at radius 3 is 1.88 bits per heavy atom. The first-order valence-corrected chi connectivity index (χ1v) is 17.5. The van der Waals surface area contributed by atoms with E-state index in [-0.39, 0.29) is 137 Å². The van der Waals surface area contributed by atoms with Crippen molar-refractivity contribution >= 4 is 43.7 Å². The van der Waals surface area contributed by atoms with E-state index >= 15 is 0 Å². The quantitative estimate of drug-likeness (QED) is 0.171. The SMILES string of the molecule is [2H]c1cc([2H])c2oc3c(-c4ccc(-n5c6c([2H])cc([2H])c([2H])c6c6c([2H])c(-c7c([2H])c([2H])c([2H])c([2H])c7[2H])cc([2H])c65)c(-c5nc(-c6ccccc6)nc(-c6ccccc6)n5)c4)cc([2H])c([2H])c3c2c1[2H]. The molecular weight excluding hydrogens is 685 g/mol. The summed E-state index contributed by atoms with van der Waals surface area (Å²) in [6.07, 6.45) is 0. The van der Waals surface area contributed by atoms with Crippen LogP contribution in [0.2, 0.25) is 0 Å². The minimum atomic E-state index is -0.652. The van der Waals surface area contributed by atoms with Crippen molar-refractivity contribution in [3.8, 4) is 62.1 Å². The lowest BCUT2D eigenvalue weighted by Gasteiger charge is -2.16. The Morgan fingerprint density at radius 2 is 1.11 bits per heavy atom. The van der Waals surface area contributed by atoms with Crippen molar-refractivity contribution in [2.24, 2.45) is 0 Å². The average molecular weight is 732 g/mol. The summed E-state index contributed by atoms with van der Waals surface area (Å²) in [5, 5.41) is -0.0725. The summed E-state index contributed by atoms with van der Waals surface area (Å²) in [7, 11) is 0. The van der Waals surface area contributed by atoms with Crippen LogP contribution >= 0.6 is 0 Å². The topological polar surface area (TPSA) is 56.7 Å². The molecule has 0 aliphatic carbocycles. The highest BCUT2D eigenvalue weighted by Crippen LogP contribution is 2.41. The van der Waals surface area contributed by atoms with Crippen LogP contribution in [0.4, 0.5) is 0 Å². The molecule has 5 nitrogen and oxygen atoms in total. The van der Waals surface area contributed by atoms with Crippen LogP contribution in [0, 0.1) is 0 Å². The number of hydrogen-bond donors (Lipinski definition) is 0. The molecule has 56 heavy (non-hydrogen) atoms.